The van der Waals surface area contributed by atoms with E-state index in [0.717, 1.165) is 29.4 Å². The number of fused-ring (bicyclic) bond motifs is 1. The number of aromatic nitrogens is 4. The van der Waals surface area contributed by atoms with Gasteiger partial charge in [-0.25, -0.2) is 14.4 Å². The molecule has 0 aliphatic rings. The highest BCUT2D eigenvalue weighted by molar-refractivity contribution is 6.06. The number of hydrogen-bond acceptors (Lipinski definition) is 7. The van der Waals surface area contributed by atoms with E-state index in [2.05, 4.69) is 37.5 Å². The summed E-state index contributed by atoms with van der Waals surface area (Å²) < 4.78 is 14.4. The lowest BCUT2D eigenvalue weighted by molar-refractivity contribution is 0.0960. The van der Waals surface area contributed by atoms with Crippen LogP contribution in [0.4, 0.5) is 10.2 Å². The standard InChI is InChI=1S/C28H31FN6O2/c1-16(2)27(36)22-9-8-18(13-32-22)23-12-24(35-15-34-23)31-11-10-17(3)19-6-5-7-20-25(28(37)30-4)21(29)14-33-26(19)20/h5-9,12-17,27,36H,10-11H2,1-4H3,(H,30,37)(H,31,34,35). The predicted molar refractivity (Wildman–Crippen MR) is 142 cm³/mol. The summed E-state index contributed by atoms with van der Waals surface area (Å²) in [5.41, 5.74) is 3.77. The number of para-hydroxylation sites is 1. The van der Waals surface area contributed by atoms with Gasteiger partial charge in [-0.1, -0.05) is 39.0 Å². The zero-order valence-corrected chi connectivity index (χ0v) is 21.4. The van der Waals surface area contributed by atoms with E-state index in [4.69, 9.17) is 0 Å². The molecule has 8 nitrogen and oxygen atoms in total. The first-order chi connectivity index (χ1) is 17.8. The number of carbonyl (C=O) groups is 1. The molecule has 0 fully saturated rings. The molecule has 3 N–H and O–H groups in total. The summed E-state index contributed by atoms with van der Waals surface area (Å²) in [5.74, 6) is -0.254. The number of aliphatic hydroxyl groups excluding tert-OH is 1. The highest BCUT2D eigenvalue weighted by Gasteiger charge is 2.19. The van der Waals surface area contributed by atoms with Gasteiger partial charge in [-0.15, -0.1) is 0 Å². The summed E-state index contributed by atoms with van der Waals surface area (Å²) in [4.78, 5) is 29.6. The first-order valence-electron chi connectivity index (χ1n) is 12.3. The minimum Gasteiger partial charge on any atom is -0.387 e. The average Bonchev–Trinajstić information content (AvgIpc) is 2.92. The van der Waals surface area contributed by atoms with Crippen LogP contribution in [-0.2, 0) is 0 Å². The van der Waals surface area contributed by atoms with Crippen molar-refractivity contribution in [2.45, 2.75) is 39.2 Å². The van der Waals surface area contributed by atoms with Gasteiger partial charge in [0.05, 0.1) is 34.8 Å². The number of aliphatic hydroxyl groups is 1. The smallest absolute Gasteiger partial charge is 0.254 e. The van der Waals surface area contributed by atoms with Gasteiger partial charge in [0.2, 0.25) is 0 Å². The van der Waals surface area contributed by atoms with Crippen molar-refractivity contribution in [1.82, 2.24) is 25.3 Å². The molecular formula is C28H31FN6O2. The lowest BCUT2D eigenvalue weighted by atomic mass is 9.93. The summed E-state index contributed by atoms with van der Waals surface area (Å²) in [6.07, 6.45) is 4.47. The van der Waals surface area contributed by atoms with Crippen molar-refractivity contribution in [3.8, 4) is 11.3 Å². The Balaban J connectivity index is 1.45. The van der Waals surface area contributed by atoms with Gasteiger partial charge in [0.25, 0.3) is 5.91 Å². The van der Waals surface area contributed by atoms with Crippen molar-refractivity contribution < 1.29 is 14.3 Å². The summed E-state index contributed by atoms with van der Waals surface area (Å²) in [6.45, 7) is 6.60. The molecule has 9 heteroatoms. The van der Waals surface area contributed by atoms with Gasteiger partial charge in [0.1, 0.15) is 12.1 Å². The van der Waals surface area contributed by atoms with Crippen molar-refractivity contribution in [2.75, 3.05) is 18.9 Å². The van der Waals surface area contributed by atoms with Crippen molar-refractivity contribution in [3.63, 3.8) is 0 Å². The van der Waals surface area contributed by atoms with Crippen molar-refractivity contribution in [1.29, 1.82) is 0 Å². The molecule has 3 heterocycles. The van der Waals surface area contributed by atoms with Crippen molar-refractivity contribution >= 4 is 22.6 Å². The fourth-order valence-electron chi connectivity index (χ4n) is 4.23. The molecule has 37 heavy (non-hydrogen) atoms. The maximum absolute atomic E-state index is 14.4. The third-order valence-corrected chi connectivity index (χ3v) is 6.43. The largest absolute Gasteiger partial charge is 0.387 e. The molecule has 192 valence electrons. The second-order valence-electron chi connectivity index (χ2n) is 9.37. The molecule has 0 radical (unpaired) electrons. The SMILES string of the molecule is CNC(=O)c1c(F)cnc2c(C(C)CCNc3cc(-c4ccc(C(O)C(C)C)nc4)ncn3)cccc12. The van der Waals surface area contributed by atoms with Crippen LogP contribution in [0, 0.1) is 11.7 Å². The Hall–Kier alpha value is -3.98. The van der Waals surface area contributed by atoms with Gasteiger partial charge >= 0.3 is 0 Å². The van der Waals surface area contributed by atoms with Crippen LogP contribution in [0.15, 0.2) is 55.1 Å². The average molecular weight is 503 g/mol. The summed E-state index contributed by atoms with van der Waals surface area (Å²) >= 11 is 0. The van der Waals surface area contributed by atoms with E-state index >= 15 is 0 Å². The monoisotopic (exact) mass is 502 g/mol. The molecule has 0 saturated carbocycles. The third-order valence-electron chi connectivity index (χ3n) is 6.43. The Morgan fingerprint density at radius 1 is 1.05 bits per heavy atom. The van der Waals surface area contributed by atoms with Crippen molar-refractivity contribution in [3.05, 3.63) is 77.8 Å². The summed E-state index contributed by atoms with van der Waals surface area (Å²) in [5, 5.41) is 16.5. The van der Waals surface area contributed by atoms with E-state index in [9.17, 15) is 14.3 Å². The second kappa shape index (κ2) is 11.4. The number of hydrogen-bond donors (Lipinski definition) is 3. The van der Waals surface area contributed by atoms with Gasteiger partial charge in [-0.3, -0.25) is 14.8 Å². The Morgan fingerprint density at radius 3 is 2.57 bits per heavy atom. The Kier molecular flexibility index (Phi) is 8.03. The lowest BCUT2D eigenvalue weighted by Gasteiger charge is -2.16. The second-order valence-corrected chi connectivity index (χ2v) is 9.37. The molecule has 2 atom stereocenters. The fraction of sp³-hybridized carbons (Fsp3) is 0.321. The maximum Gasteiger partial charge on any atom is 0.254 e. The number of pyridine rings is 2. The first kappa shape index (κ1) is 26.1. The molecule has 4 aromatic rings. The molecule has 1 amide bonds. The van der Waals surface area contributed by atoms with Crippen LogP contribution in [0.25, 0.3) is 22.2 Å². The molecule has 0 aliphatic carbocycles. The molecule has 2 unspecified atom stereocenters. The molecule has 1 aromatic carbocycles. The predicted octanol–water partition coefficient (Wildman–Crippen LogP) is 4.88. The Morgan fingerprint density at radius 2 is 1.86 bits per heavy atom. The first-order valence-corrected chi connectivity index (χ1v) is 12.3. The van der Waals surface area contributed by atoms with Crippen LogP contribution < -0.4 is 10.6 Å². The van der Waals surface area contributed by atoms with Crippen LogP contribution >= 0.6 is 0 Å². The highest BCUT2D eigenvalue weighted by Crippen LogP contribution is 2.29. The number of nitrogens with one attached hydrogen (secondary N) is 2. The molecule has 4 rings (SSSR count). The van der Waals surface area contributed by atoms with Crippen LogP contribution in [-0.4, -0.2) is 44.5 Å². The number of amides is 1. The fourth-order valence-corrected chi connectivity index (χ4v) is 4.23. The molecule has 0 spiro atoms. The normalized spacial score (nSPS) is 12.9. The molecule has 0 aliphatic heterocycles. The molecule has 3 aromatic heterocycles. The van der Waals surface area contributed by atoms with E-state index in [1.807, 2.05) is 44.2 Å². The lowest BCUT2D eigenvalue weighted by Crippen LogP contribution is -2.20. The molecule has 0 saturated heterocycles. The van der Waals surface area contributed by atoms with Gasteiger partial charge in [-0.05, 0) is 36.0 Å². The minimum absolute atomic E-state index is 0.00873. The quantitative estimate of drug-likeness (QED) is 0.299. The number of anilines is 1. The van der Waals surface area contributed by atoms with E-state index in [-0.39, 0.29) is 17.4 Å². The van der Waals surface area contributed by atoms with E-state index in [1.165, 1.54) is 13.4 Å². The number of nitrogens with zero attached hydrogens (tertiary/aromatic N) is 4. The maximum atomic E-state index is 14.4. The van der Waals surface area contributed by atoms with Crippen LogP contribution in [0.3, 0.4) is 0 Å². The van der Waals surface area contributed by atoms with E-state index in [1.54, 1.807) is 12.3 Å². The van der Waals surface area contributed by atoms with E-state index < -0.39 is 17.8 Å². The van der Waals surface area contributed by atoms with Crippen molar-refractivity contribution in [2.24, 2.45) is 5.92 Å². The number of rotatable bonds is 9. The summed E-state index contributed by atoms with van der Waals surface area (Å²) in [6, 6.07) is 11.1. The number of benzene rings is 1. The Bertz CT molecular complexity index is 1390. The van der Waals surface area contributed by atoms with Gasteiger partial charge in [0.15, 0.2) is 5.82 Å². The molecule has 0 bridgehead atoms. The van der Waals surface area contributed by atoms with Crippen LogP contribution in [0.2, 0.25) is 0 Å². The Labute approximate surface area is 215 Å². The van der Waals surface area contributed by atoms with Crippen LogP contribution in [0.1, 0.15) is 60.8 Å². The van der Waals surface area contributed by atoms with E-state index in [0.29, 0.717) is 29.0 Å². The minimum atomic E-state index is -0.640. The van der Waals surface area contributed by atoms with Crippen LogP contribution in [0.5, 0.6) is 0 Å². The van der Waals surface area contributed by atoms with Gasteiger partial charge in [0, 0.05) is 36.8 Å². The number of halogens is 1. The highest BCUT2D eigenvalue weighted by atomic mass is 19.1. The van der Waals surface area contributed by atoms with Gasteiger partial charge in [-0.2, -0.15) is 0 Å². The third kappa shape index (κ3) is 5.72. The zero-order chi connectivity index (χ0) is 26.5. The number of carbonyl (C=O) groups excluding carboxylic acids is 1. The molecular weight excluding hydrogens is 471 g/mol. The topological polar surface area (TPSA) is 113 Å². The zero-order valence-electron chi connectivity index (χ0n) is 21.4. The summed E-state index contributed by atoms with van der Waals surface area (Å²) in [7, 11) is 1.48. The van der Waals surface area contributed by atoms with Gasteiger partial charge < -0.3 is 15.7 Å².